The first-order valence-corrected chi connectivity index (χ1v) is 9.03. The van der Waals surface area contributed by atoms with E-state index in [1.54, 1.807) is 6.92 Å². The van der Waals surface area contributed by atoms with E-state index in [9.17, 15) is 18.0 Å². The number of anilines is 1. The molecule has 0 saturated heterocycles. The lowest BCUT2D eigenvalue weighted by atomic mass is 10.0. The molecule has 28 heavy (non-hydrogen) atoms. The molecule has 2 heterocycles. The maximum Gasteiger partial charge on any atom is 0.422 e. The van der Waals surface area contributed by atoms with Crippen molar-refractivity contribution in [2.75, 3.05) is 18.5 Å². The number of carbonyl (C=O) groups excluding carboxylic acids is 1. The predicted octanol–water partition coefficient (Wildman–Crippen LogP) is 3.97. The van der Waals surface area contributed by atoms with Crippen molar-refractivity contribution in [3.63, 3.8) is 0 Å². The number of pyridine rings is 1. The Morgan fingerprint density at radius 3 is 2.82 bits per heavy atom. The average molecular weight is 393 g/mol. The quantitative estimate of drug-likeness (QED) is 0.780. The molecule has 1 aromatic carbocycles. The van der Waals surface area contributed by atoms with E-state index in [0.717, 1.165) is 17.8 Å². The second kappa shape index (κ2) is 8.08. The molecule has 1 unspecified atom stereocenters. The van der Waals surface area contributed by atoms with Crippen LogP contribution in [0.4, 0.5) is 18.9 Å². The van der Waals surface area contributed by atoms with Crippen LogP contribution in [0.15, 0.2) is 36.5 Å². The van der Waals surface area contributed by atoms with E-state index in [1.165, 1.54) is 23.9 Å². The molecule has 2 atom stereocenters. The topological polar surface area (TPSA) is 63.2 Å². The zero-order chi connectivity index (χ0) is 20.3. The Bertz CT molecular complexity index is 838. The maximum absolute atomic E-state index is 12.3. The zero-order valence-electron chi connectivity index (χ0n) is 15.6. The highest BCUT2D eigenvalue weighted by Gasteiger charge is 2.28. The van der Waals surface area contributed by atoms with E-state index >= 15 is 0 Å². The Balaban J connectivity index is 1.54. The molecule has 5 nitrogen and oxygen atoms in total. The molecule has 8 heteroatoms. The van der Waals surface area contributed by atoms with Gasteiger partial charge in [-0.15, -0.1) is 0 Å². The van der Waals surface area contributed by atoms with Crippen LogP contribution >= 0.6 is 0 Å². The Morgan fingerprint density at radius 2 is 2.14 bits per heavy atom. The van der Waals surface area contributed by atoms with Crippen molar-refractivity contribution >= 4 is 11.6 Å². The van der Waals surface area contributed by atoms with Gasteiger partial charge in [0.2, 0.25) is 5.91 Å². The zero-order valence-corrected chi connectivity index (χ0v) is 15.6. The first-order chi connectivity index (χ1) is 13.2. The van der Waals surface area contributed by atoms with Crippen molar-refractivity contribution < 1.29 is 22.7 Å². The molecular formula is C20H22F3N3O2. The number of alkyl halides is 3. The number of rotatable bonds is 6. The number of halogens is 3. The third-order valence-corrected chi connectivity index (χ3v) is 4.59. The third-order valence-electron chi connectivity index (χ3n) is 4.59. The highest BCUT2D eigenvalue weighted by atomic mass is 19.4. The van der Waals surface area contributed by atoms with E-state index in [1.807, 2.05) is 18.2 Å². The summed E-state index contributed by atoms with van der Waals surface area (Å²) >= 11 is 0. The van der Waals surface area contributed by atoms with Crippen LogP contribution in [-0.2, 0) is 11.2 Å². The normalized spacial score (nSPS) is 16.8. The number of ether oxygens (including phenoxy) is 1. The summed E-state index contributed by atoms with van der Waals surface area (Å²) < 4.78 is 41.1. The first kappa shape index (κ1) is 20.0. The number of hydrogen-bond acceptors (Lipinski definition) is 4. The second-order valence-corrected chi connectivity index (χ2v) is 6.99. The number of fused-ring (bicyclic) bond motifs is 1. The van der Waals surface area contributed by atoms with Crippen LogP contribution in [0.2, 0.25) is 0 Å². The van der Waals surface area contributed by atoms with E-state index in [0.29, 0.717) is 11.6 Å². The summed E-state index contributed by atoms with van der Waals surface area (Å²) in [5, 5.41) is 6.19. The van der Waals surface area contributed by atoms with Gasteiger partial charge in [-0.1, -0.05) is 19.1 Å². The number of nitrogens with one attached hydrogen (secondary N) is 2. The number of nitrogens with zero attached hydrogens (tertiary/aromatic N) is 1. The van der Waals surface area contributed by atoms with E-state index < -0.39 is 12.8 Å². The fraction of sp³-hybridized carbons (Fsp3) is 0.400. The number of amides is 1. The van der Waals surface area contributed by atoms with Crippen LogP contribution < -0.4 is 15.4 Å². The SMILES string of the molecule is CC1CNc2cc(CC(=O)N[C@H](C)c3ccc(OCC(F)(F)F)cn3)ccc21. The minimum absolute atomic E-state index is 0.0273. The molecule has 1 aromatic heterocycles. The summed E-state index contributed by atoms with van der Waals surface area (Å²) in [4.78, 5) is 16.4. The van der Waals surface area contributed by atoms with Crippen LogP contribution in [0.5, 0.6) is 5.75 Å². The monoisotopic (exact) mass is 393 g/mol. The number of carbonyl (C=O) groups is 1. The molecule has 0 saturated carbocycles. The Morgan fingerprint density at radius 1 is 1.36 bits per heavy atom. The van der Waals surface area contributed by atoms with Gasteiger partial charge in [0.25, 0.3) is 0 Å². The minimum Gasteiger partial charge on any atom is -0.483 e. The third kappa shape index (κ3) is 5.15. The van der Waals surface area contributed by atoms with Crippen molar-refractivity contribution in [1.82, 2.24) is 10.3 Å². The molecule has 0 radical (unpaired) electrons. The highest BCUT2D eigenvalue weighted by Crippen LogP contribution is 2.31. The van der Waals surface area contributed by atoms with Crippen LogP contribution in [0.3, 0.4) is 0 Å². The van der Waals surface area contributed by atoms with Gasteiger partial charge in [0.05, 0.1) is 24.4 Å². The fourth-order valence-electron chi connectivity index (χ4n) is 3.12. The molecule has 1 aliphatic heterocycles. The molecule has 0 bridgehead atoms. The Labute approximate surface area is 161 Å². The number of hydrogen-bond donors (Lipinski definition) is 2. The van der Waals surface area contributed by atoms with Crippen LogP contribution in [0, 0.1) is 0 Å². The van der Waals surface area contributed by atoms with Gasteiger partial charge in [0.1, 0.15) is 5.75 Å². The second-order valence-electron chi connectivity index (χ2n) is 6.99. The van der Waals surface area contributed by atoms with Crippen molar-refractivity contribution in [1.29, 1.82) is 0 Å². The molecule has 0 spiro atoms. The summed E-state index contributed by atoms with van der Waals surface area (Å²) in [6.07, 6.45) is -2.94. The van der Waals surface area contributed by atoms with E-state index in [2.05, 4.69) is 27.3 Å². The van der Waals surface area contributed by atoms with Crippen LogP contribution in [-0.4, -0.2) is 30.2 Å². The van der Waals surface area contributed by atoms with Crippen molar-refractivity contribution in [2.45, 2.75) is 38.4 Å². The van der Waals surface area contributed by atoms with Gasteiger partial charge in [0.15, 0.2) is 6.61 Å². The summed E-state index contributed by atoms with van der Waals surface area (Å²) in [6.45, 7) is 3.45. The molecule has 0 fully saturated rings. The van der Waals surface area contributed by atoms with Gasteiger partial charge in [-0.05, 0) is 36.2 Å². The number of aromatic nitrogens is 1. The van der Waals surface area contributed by atoms with Crippen LogP contribution in [0.1, 0.15) is 42.6 Å². The summed E-state index contributed by atoms with van der Waals surface area (Å²) in [6, 6.07) is 8.57. The smallest absolute Gasteiger partial charge is 0.422 e. The van der Waals surface area contributed by atoms with E-state index in [4.69, 9.17) is 0 Å². The molecule has 3 rings (SSSR count). The first-order valence-electron chi connectivity index (χ1n) is 9.03. The molecule has 2 aromatic rings. The van der Waals surface area contributed by atoms with Crippen molar-refractivity contribution in [3.8, 4) is 5.75 Å². The Kier molecular flexibility index (Phi) is 5.76. The molecule has 0 aliphatic carbocycles. The van der Waals surface area contributed by atoms with Gasteiger partial charge in [-0.2, -0.15) is 13.2 Å². The van der Waals surface area contributed by atoms with Gasteiger partial charge in [0, 0.05) is 18.2 Å². The van der Waals surface area contributed by atoms with Crippen molar-refractivity contribution in [3.05, 3.63) is 53.3 Å². The predicted molar refractivity (Wildman–Crippen MR) is 99.4 cm³/mol. The molecule has 2 N–H and O–H groups in total. The lowest BCUT2D eigenvalue weighted by Crippen LogP contribution is -2.28. The van der Waals surface area contributed by atoms with Gasteiger partial charge >= 0.3 is 6.18 Å². The molecule has 1 amide bonds. The molecule has 1 aliphatic rings. The minimum atomic E-state index is -4.40. The summed E-state index contributed by atoms with van der Waals surface area (Å²) in [7, 11) is 0. The highest BCUT2D eigenvalue weighted by molar-refractivity contribution is 5.79. The lowest BCUT2D eigenvalue weighted by molar-refractivity contribution is -0.153. The fourth-order valence-corrected chi connectivity index (χ4v) is 3.12. The van der Waals surface area contributed by atoms with Crippen LogP contribution in [0.25, 0.3) is 0 Å². The summed E-state index contributed by atoms with van der Waals surface area (Å²) in [5.74, 6) is 0.337. The average Bonchev–Trinajstić information content (AvgIpc) is 3.00. The van der Waals surface area contributed by atoms with Gasteiger partial charge in [-0.3, -0.25) is 9.78 Å². The summed E-state index contributed by atoms with van der Waals surface area (Å²) in [5.41, 5.74) is 3.78. The lowest BCUT2D eigenvalue weighted by Gasteiger charge is -2.15. The van der Waals surface area contributed by atoms with E-state index in [-0.39, 0.29) is 24.1 Å². The maximum atomic E-state index is 12.3. The number of benzene rings is 1. The standard InChI is InChI=1S/C20H22F3N3O2/c1-12-9-24-18-7-14(3-5-16(12)18)8-19(27)26-13(2)17-6-4-15(10-25-17)28-11-20(21,22)23/h3-7,10,12-13,24H,8-9,11H2,1-2H3,(H,26,27)/t12?,13-/m1/s1. The largest absolute Gasteiger partial charge is 0.483 e. The van der Waals surface area contributed by atoms with Gasteiger partial charge < -0.3 is 15.4 Å². The van der Waals surface area contributed by atoms with Gasteiger partial charge in [-0.25, -0.2) is 0 Å². The molecule has 150 valence electrons. The van der Waals surface area contributed by atoms with Crippen molar-refractivity contribution in [2.24, 2.45) is 0 Å². The Hall–Kier alpha value is -2.77. The molecular weight excluding hydrogens is 371 g/mol.